The molecule has 21 heavy (non-hydrogen) atoms. The molecule has 0 aromatic rings. The quantitative estimate of drug-likeness (QED) is 0.837. The predicted octanol–water partition coefficient (Wildman–Crippen LogP) is 2.51. The van der Waals surface area contributed by atoms with Gasteiger partial charge in [0.1, 0.15) is 0 Å². The molecule has 3 amide bonds. The maximum absolute atomic E-state index is 12.1. The zero-order valence-electron chi connectivity index (χ0n) is 14.5. The third kappa shape index (κ3) is 5.94. The number of amides is 3. The van der Waals surface area contributed by atoms with E-state index in [1.165, 1.54) is 0 Å². The number of nitrogens with one attached hydrogen (secondary N) is 2. The fourth-order valence-electron chi connectivity index (χ4n) is 3.23. The van der Waals surface area contributed by atoms with Gasteiger partial charge in [-0.3, -0.25) is 4.79 Å². The highest BCUT2D eigenvalue weighted by Crippen LogP contribution is 2.26. The van der Waals surface area contributed by atoms with Crippen molar-refractivity contribution in [3.63, 3.8) is 0 Å². The van der Waals surface area contributed by atoms with Crippen LogP contribution in [0, 0.1) is 5.41 Å². The Kier molecular flexibility index (Phi) is 5.29. The first-order chi connectivity index (χ1) is 9.39. The molecule has 0 bridgehead atoms. The molecular weight excluding hydrogens is 266 g/mol. The SMILES string of the molecule is CC(C)N1CC(NC(=O)NC(C)(C)CC(C)(C)C)CC1=O. The molecule has 0 aromatic carbocycles. The average Bonchev–Trinajstić information content (AvgIpc) is 2.53. The fraction of sp³-hybridized carbons (Fsp3) is 0.875. The van der Waals surface area contributed by atoms with Gasteiger partial charge in [-0.25, -0.2) is 4.79 Å². The fourth-order valence-corrected chi connectivity index (χ4v) is 3.23. The minimum Gasteiger partial charge on any atom is -0.338 e. The topological polar surface area (TPSA) is 61.4 Å². The highest BCUT2D eigenvalue weighted by atomic mass is 16.2. The summed E-state index contributed by atoms with van der Waals surface area (Å²) >= 11 is 0. The smallest absolute Gasteiger partial charge is 0.315 e. The van der Waals surface area contributed by atoms with Crippen LogP contribution in [0.5, 0.6) is 0 Å². The van der Waals surface area contributed by atoms with Crippen LogP contribution in [0.3, 0.4) is 0 Å². The van der Waals surface area contributed by atoms with Crippen LogP contribution >= 0.6 is 0 Å². The van der Waals surface area contributed by atoms with Gasteiger partial charge in [-0.15, -0.1) is 0 Å². The zero-order valence-corrected chi connectivity index (χ0v) is 14.5. The minimum atomic E-state index is -0.275. The van der Waals surface area contributed by atoms with Crippen molar-refractivity contribution >= 4 is 11.9 Å². The minimum absolute atomic E-state index is 0.0923. The summed E-state index contributed by atoms with van der Waals surface area (Å²) in [6.45, 7) is 15.1. The monoisotopic (exact) mass is 297 g/mol. The van der Waals surface area contributed by atoms with Crippen LogP contribution in [-0.4, -0.2) is 41.0 Å². The van der Waals surface area contributed by atoms with Crippen LogP contribution in [0.2, 0.25) is 0 Å². The van der Waals surface area contributed by atoms with E-state index in [-0.39, 0.29) is 35.0 Å². The molecule has 1 saturated heterocycles. The molecule has 2 N–H and O–H groups in total. The molecule has 0 aromatic heterocycles. The van der Waals surface area contributed by atoms with Crippen LogP contribution in [-0.2, 0) is 4.79 Å². The summed E-state index contributed by atoms with van der Waals surface area (Å²) in [5.74, 6) is 0.115. The summed E-state index contributed by atoms with van der Waals surface area (Å²) in [7, 11) is 0. The lowest BCUT2D eigenvalue weighted by molar-refractivity contribution is -0.129. The Bertz CT molecular complexity index is 397. The van der Waals surface area contributed by atoms with Crippen molar-refractivity contribution in [3.8, 4) is 0 Å². The third-order valence-corrected chi connectivity index (χ3v) is 3.54. The van der Waals surface area contributed by atoms with E-state index in [0.29, 0.717) is 13.0 Å². The van der Waals surface area contributed by atoms with Crippen LogP contribution in [0.15, 0.2) is 0 Å². The van der Waals surface area contributed by atoms with Gasteiger partial charge in [0, 0.05) is 24.5 Å². The Morgan fingerprint density at radius 1 is 1.29 bits per heavy atom. The standard InChI is InChI=1S/C16H31N3O2/c1-11(2)19-9-12(8-13(19)20)17-14(21)18-16(6,7)10-15(3,4)5/h11-12H,8-10H2,1-7H3,(H2,17,18,21). The van der Waals surface area contributed by atoms with E-state index in [1.54, 1.807) is 0 Å². The number of nitrogens with zero attached hydrogens (tertiary/aromatic N) is 1. The Balaban J connectivity index is 2.50. The molecule has 1 atom stereocenters. The van der Waals surface area contributed by atoms with Gasteiger partial charge in [0.25, 0.3) is 0 Å². The van der Waals surface area contributed by atoms with Crippen LogP contribution in [0.25, 0.3) is 0 Å². The van der Waals surface area contributed by atoms with E-state index >= 15 is 0 Å². The zero-order chi connectivity index (χ0) is 16.4. The Hall–Kier alpha value is -1.26. The van der Waals surface area contributed by atoms with E-state index in [1.807, 2.05) is 32.6 Å². The van der Waals surface area contributed by atoms with Crippen molar-refractivity contribution in [1.29, 1.82) is 0 Å². The summed E-state index contributed by atoms with van der Waals surface area (Å²) in [5, 5.41) is 5.94. The molecule has 1 aliphatic rings. The molecule has 5 heteroatoms. The lowest BCUT2D eigenvalue weighted by Gasteiger charge is -2.33. The Labute approximate surface area is 128 Å². The molecule has 1 fully saturated rings. The van der Waals surface area contributed by atoms with E-state index in [4.69, 9.17) is 0 Å². The van der Waals surface area contributed by atoms with E-state index in [9.17, 15) is 9.59 Å². The molecule has 0 spiro atoms. The first kappa shape index (κ1) is 17.8. The molecule has 1 rings (SSSR count). The van der Waals surface area contributed by atoms with Crippen molar-refractivity contribution in [2.75, 3.05) is 6.54 Å². The van der Waals surface area contributed by atoms with Gasteiger partial charge in [0.2, 0.25) is 5.91 Å². The normalized spacial score (nSPS) is 20.1. The van der Waals surface area contributed by atoms with Crippen molar-refractivity contribution in [3.05, 3.63) is 0 Å². The Morgan fingerprint density at radius 2 is 1.86 bits per heavy atom. The van der Waals surface area contributed by atoms with Gasteiger partial charge in [-0.05, 0) is 39.5 Å². The molecule has 0 saturated carbocycles. The van der Waals surface area contributed by atoms with Gasteiger partial charge < -0.3 is 15.5 Å². The largest absolute Gasteiger partial charge is 0.338 e. The molecule has 1 unspecified atom stereocenters. The number of likely N-dealkylation sites (tertiary alicyclic amines) is 1. The summed E-state index contributed by atoms with van der Waals surface area (Å²) in [6, 6.07) is -0.0947. The van der Waals surface area contributed by atoms with Crippen LogP contribution in [0.4, 0.5) is 4.79 Å². The second kappa shape index (κ2) is 6.24. The first-order valence-corrected chi connectivity index (χ1v) is 7.78. The van der Waals surface area contributed by atoms with E-state index < -0.39 is 0 Å². The van der Waals surface area contributed by atoms with Crippen molar-refractivity contribution in [2.24, 2.45) is 5.41 Å². The number of hydrogen-bond donors (Lipinski definition) is 2. The maximum atomic E-state index is 12.1. The van der Waals surface area contributed by atoms with Gasteiger partial charge in [0.05, 0.1) is 6.04 Å². The second-order valence-electron chi connectivity index (χ2n) is 8.26. The summed E-state index contributed by atoms with van der Waals surface area (Å²) in [6.07, 6.45) is 1.28. The number of carbonyl (C=O) groups is 2. The highest BCUT2D eigenvalue weighted by Gasteiger charge is 2.33. The van der Waals surface area contributed by atoms with Crippen LogP contribution < -0.4 is 10.6 Å². The summed E-state index contributed by atoms with van der Waals surface area (Å²) in [5.41, 5.74) is -0.128. The second-order valence-corrected chi connectivity index (χ2v) is 8.26. The summed E-state index contributed by atoms with van der Waals surface area (Å²) in [4.78, 5) is 25.8. The summed E-state index contributed by atoms with van der Waals surface area (Å²) < 4.78 is 0. The highest BCUT2D eigenvalue weighted by molar-refractivity contribution is 5.82. The van der Waals surface area contributed by atoms with Crippen LogP contribution in [0.1, 0.15) is 61.3 Å². The number of hydrogen-bond acceptors (Lipinski definition) is 2. The van der Waals surface area contributed by atoms with E-state index in [2.05, 4.69) is 31.4 Å². The third-order valence-electron chi connectivity index (χ3n) is 3.54. The number of rotatable bonds is 4. The van der Waals surface area contributed by atoms with Gasteiger partial charge >= 0.3 is 6.03 Å². The molecule has 122 valence electrons. The Morgan fingerprint density at radius 3 is 2.29 bits per heavy atom. The predicted molar refractivity (Wildman–Crippen MR) is 85.1 cm³/mol. The lowest BCUT2D eigenvalue weighted by atomic mass is 9.82. The van der Waals surface area contributed by atoms with Crippen molar-refractivity contribution < 1.29 is 9.59 Å². The molecule has 5 nitrogen and oxygen atoms in total. The van der Waals surface area contributed by atoms with Crippen molar-refractivity contribution in [2.45, 2.75) is 78.9 Å². The van der Waals surface area contributed by atoms with Gasteiger partial charge in [-0.1, -0.05) is 20.8 Å². The lowest BCUT2D eigenvalue weighted by Crippen LogP contribution is -2.52. The van der Waals surface area contributed by atoms with Gasteiger partial charge in [-0.2, -0.15) is 0 Å². The molecule has 1 aliphatic heterocycles. The molecular formula is C16H31N3O2. The first-order valence-electron chi connectivity index (χ1n) is 7.78. The number of urea groups is 1. The molecule has 1 heterocycles. The van der Waals surface area contributed by atoms with Gasteiger partial charge in [0.15, 0.2) is 0 Å². The maximum Gasteiger partial charge on any atom is 0.315 e. The van der Waals surface area contributed by atoms with E-state index in [0.717, 1.165) is 6.42 Å². The number of carbonyl (C=O) groups excluding carboxylic acids is 2. The van der Waals surface area contributed by atoms with Crippen molar-refractivity contribution in [1.82, 2.24) is 15.5 Å². The molecule has 0 radical (unpaired) electrons. The average molecular weight is 297 g/mol. The molecule has 0 aliphatic carbocycles.